The highest BCUT2D eigenvalue weighted by Gasteiger charge is 2.13. The molecule has 0 aliphatic rings. The number of hydrogen-bond acceptors (Lipinski definition) is 5. The summed E-state index contributed by atoms with van der Waals surface area (Å²) in [4.78, 5) is 28.5. The van der Waals surface area contributed by atoms with Gasteiger partial charge in [-0.15, -0.1) is 0 Å². The van der Waals surface area contributed by atoms with Crippen molar-refractivity contribution in [3.63, 3.8) is 0 Å². The summed E-state index contributed by atoms with van der Waals surface area (Å²) in [6.07, 6.45) is 1.41. The molecule has 1 aromatic heterocycles. The van der Waals surface area contributed by atoms with Crippen molar-refractivity contribution >= 4 is 29.1 Å². The zero-order chi connectivity index (χ0) is 19.9. The van der Waals surface area contributed by atoms with Crippen LogP contribution in [0.25, 0.3) is 0 Å². The molecule has 3 rings (SSSR count). The predicted molar refractivity (Wildman–Crippen MR) is 104 cm³/mol. The molecule has 0 saturated carbocycles. The molecule has 1 heterocycles. The van der Waals surface area contributed by atoms with Crippen LogP contribution in [0.1, 0.15) is 27.6 Å². The Morgan fingerprint density at radius 1 is 1.04 bits per heavy atom. The van der Waals surface area contributed by atoms with Crippen molar-refractivity contribution in [1.82, 2.24) is 4.98 Å². The minimum atomic E-state index is -0.430. The maximum atomic E-state index is 12.9. The monoisotopic (exact) mass is 379 g/mol. The van der Waals surface area contributed by atoms with Crippen LogP contribution in [0.4, 0.5) is 21.6 Å². The molecular weight excluding hydrogens is 361 g/mol. The Bertz CT molecular complexity index is 973. The summed E-state index contributed by atoms with van der Waals surface area (Å²) >= 11 is 0. The minimum Gasteiger partial charge on any atom is -0.462 e. The van der Waals surface area contributed by atoms with Crippen LogP contribution in [-0.2, 0) is 4.74 Å². The number of carbonyl (C=O) groups is 2. The molecular formula is C21H18FN3O3. The van der Waals surface area contributed by atoms with Crippen molar-refractivity contribution in [2.45, 2.75) is 6.92 Å². The van der Waals surface area contributed by atoms with Crippen LogP contribution in [0, 0.1) is 5.82 Å². The fourth-order valence-electron chi connectivity index (χ4n) is 2.46. The molecule has 0 aliphatic carbocycles. The molecule has 142 valence electrons. The number of halogens is 1. The van der Waals surface area contributed by atoms with E-state index in [1.54, 1.807) is 43.3 Å². The van der Waals surface area contributed by atoms with Gasteiger partial charge in [0.05, 0.1) is 23.4 Å². The lowest BCUT2D eigenvalue weighted by Crippen LogP contribution is -2.12. The van der Waals surface area contributed by atoms with Crippen LogP contribution >= 0.6 is 0 Å². The molecule has 2 aromatic carbocycles. The summed E-state index contributed by atoms with van der Waals surface area (Å²) in [6.45, 7) is 2.02. The smallest absolute Gasteiger partial charge is 0.340 e. The van der Waals surface area contributed by atoms with Crippen LogP contribution in [0.2, 0.25) is 0 Å². The normalized spacial score (nSPS) is 10.2. The maximum absolute atomic E-state index is 12.9. The molecule has 2 N–H and O–H groups in total. The molecule has 0 atom stereocenters. The third-order valence-corrected chi connectivity index (χ3v) is 3.81. The lowest BCUT2D eigenvalue weighted by molar-refractivity contribution is 0.0527. The van der Waals surface area contributed by atoms with E-state index in [4.69, 9.17) is 4.74 Å². The first-order valence-corrected chi connectivity index (χ1v) is 8.63. The zero-order valence-electron chi connectivity index (χ0n) is 15.1. The number of benzene rings is 2. The average molecular weight is 379 g/mol. The predicted octanol–water partition coefficient (Wildman–Crippen LogP) is 4.39. The van der Waals surface area contributed by atoms with E-state index in [0.717, 1.165) is 0 Å². The molecule has 0 unspecified atom stereocenters. The topological polar surface area (TPSA) is 80.3 Å². The number of nitrogens with one attached hydrogen (secondary N) is 2. The van der Waals surface area contributed by atoms with Crippen LogP contribution in [0.5, 0.6) is 0 Å². The van der Waals surface area contributed by atoms with Gasteiger partial charge in [0.25, 0.3) is 5.91 Å². The molecule has 0 spiro atoms. The fraction of sp³-hybridized carbons (Fsp3) is 0.0952. The van der Waals surface area contributed by atoms with Gasteiger partial charge in [0, 0.05) is 11.9 Å². The highest BCUT2D eigenvalue weighted by Crippen LogP contribution is 2.21. The van der Waals surface area contributed by atoms with Crippen LogP contribution in [-0.4, -0.2) is 23.5 Å². The van der Waals surface area contributed by atoms with E-state index in [0.29, 0.717) is 28.3 Å². The number of amides is 1. The van der Waals surface area contributed by atoms with Crippen molar-refractivity contribution in [2.75, 3.05) is 17.2 Å². The largest absolute Gasteiger partial charge is 0.462 e. The summed E-state index contributed by atoms with van der Waals surface area (Å²) in [6, 6.07) is 15.6. The first-order valence-electron chi connectivity index (χ1n) is 8.63. The third-order valence-electron chi connectivity index (χ3n) is 3.81. The first-order chi connectivity index (χ1) is 13.6. The van der Waals surface area contributed by atoms with Gasteiger partial charge in [0.15, 0.2) is 0 Å². The maximum Gasteiger partial charge on any atom is 0.340 e. The lowest BCUT2D eigenvalue weighted by atomic mass is 10.1. The molecule has 0 bridgehead atoms. The number of para-hydroxylation sites is 1. The van der Waals surface area contributed by atoms with Crippen LogP contribution in [0.3, 0.4) is 0 Å². The Morgan fingerprint density at radius 2 is 1.79 bits per heavy atom. The molecule has 0 radical (unpaired) electrons. The Labute approximate surface area is 161 Å². The van der Waals surface area contributed by atoms with Crippen LogP contribution < -0.4 is 10.6 Å². The second kappa shape index (κ2) is 8.77. The van der Waals surface area contributed by atoms with E-state index in [2.05, 4.69) is 15.6 Å². The Hall–Kier alpha value is -3.74. The molecule has 3 aromatic rings. The summed E-state index contributed by atoms with van der Waals surface area (Å²) in [7, 11) is 0. The van der Waals surface area contributed by atoms with Crippen molar-refractivity contribution in [1.29, 1.82) is 0 Å². The Balaban J connectivity index is 1.70. The number of nitrogens with zero attached hydrogens (tertiary/aromatic N) is 1. The van der Waals surface area contributed by atoms with Gasteiger partial charge >= 0.3 is 5.97 Å². The summed E-state index contributed by atoms with van der Waals surface area (Å²) in [5.74, 6) is -0.702. The summed E-state index contributed by atoms with van der Waals surface area (Å²) in [5.41, 5.74) is 1.77. The molecule has 6 nitrogen and oxygen atoms in total. The Morgan fingerprint density at radius 3 is 2.46 bits per heavy atom. The minimum absolute atomic E-state index is 0.281. The van der Waals surface area contributed by atoms with Gasteiger partial charge in [-0.05, 0) is 55.5 Å². The van der Waals surface area contributed by atoms with E-state index in [1.165, 1.54) is 30.5 Å². The number of ether oxygens (including phenoxy) is 1. The summed E-state index contributed by atoms with van der Waals surface area (Å²) in [5, 5.41) is 5.71. The van der Waals surface area contributed by atoms with Gasteiger partial charge in [-0.2, -0.15) is 0 Å². The van der Waals surface area contributed by atoms with Gasteiger partial charge in [-0.25, -0.2) is 14.2 Å². The molecule has 7 heteroatoms. The van der Waals surface area contributed by atoms with Crippen LogP contribution in [0.15, 0.2) is 66.9 Å². The number of rotatable bonds is 6. The highest BCUT2D eigenvalue weighted by molar-refractivity contribution is 6.04. The number of carbonyl (C=O) groups excluding carboxylic acids is 2. The third kappa shape index (κ3) is 4.70. The van der Waals surface area contributed by atoms with Gasteiger partial charge in [0.1, 0.15) is 11.6 Å². The molecule has 0 fully saturated rings. The Kier molecular flexibility index (Phi) is 5.96. The fourth-order valence-corrected chi connectivity index (χ4v) is 2.46. The quantitative estimate of drug-likeness (QED) is 0.621. The molecule has 1 amide bonds. The number of aromatic nitrogens is 1. The first kappa shape index (κ1) is 19.0. The van der Waals surface area contributed by atoms with Crippen molar-refractivity contribution < 1.29 is 18.7 Å². The molecule has 0 saturated heterocycles. The summed E-state index contributed by atoms with van der Waals surface area (Å²) < 4.78 is 18.0. The second-order valence-electron chi connectivity index (χ2n) is 5.78. The lowest BCUT2D eigenvalue weighted by Gasteiger charge is -2.11. The van der Waals surface area contributed by atoms with Crippen molar-refractivity contribution in [3.05, 3.63) is 83.8 Å². The van der Waals surface area contributed by atoms with Gasteiger partial charge in [-0.1, -0.05) is 12.1 Å². The number of esters is 1. The van der Waals surface area contributed by atoms with E-state index >= 15 is 0 Å². The molecule has 28 heavy (non-hydrogen) atoms. The van der Waals surface area contributed by atoms with Gasteiger partial charge in [-0.3, -0.25) is 4.79 Å². The number of hydrogen-bond donors (Lipinski definition) is 2. The van der Waals surface area contributed by atoms with Gasteiger partial charge < -0.3 is 15.4 Å². The zero-order valence-corrected chi connectivity index (χ0v) is 15.1. The SMILES string of the molecule is CCOC(=O)c1ccccc1Nc1ccc(C(=O)Nc2ccc(F)cc2)cn1. The highest BCUT2D eigenvalue weighted by atomic mass is 19.1. The number of anilines is 3. The standard InChI is InChI=1S/C21H18FN3O3/c1-2-28-21(27)17-5-3-4-6-18(17)25-19-12-7-14(13-23-19)20(26)24-16-10-8-15(22)9-11-16/h3-13H,2H2,1H3,(H,23,25)(H,24,26). The van der Waals surface area contributed by atoms with Crippen molar-refractivity contribution in [2.24, 2.45) is 0 Å². The van der Waals surface area contributed by atoms with E-state index in [9.17, 15) is 14.0 Å². The number of pyridine rings is 1. The van der Waals surface area contributed by atoms with E-state index < -0.39 is 5.97 Å². The van der Waals surface area contributed by atoms with E-state index in [1.807, 2.05) is 0 Å². The van der Waals surface area contributed by atoms with Gasteiger partial charge in [0.2, 0.25) is 0 Å². The van der Waals surface area contributed by atoms with E-state index in [-0.39, 0.29) is 18.3 Å². The average Bonchev–Trinajstić information content (AvgIpc) is 2.71. The molecule has 0 aliphatic heterocycles. The van der Waals surface area contributed by atoms with Crippen molar-refractivity contribution in [3.8, 4) is 0 Å². The second-order valence-corrected chi connectivity index (χ2v) is 5.78.